The van der Waals surface area contributed by atoms with Crippen molar-refractivity contribution < 1.29 is 9.47 Å². The Kier molecular flexibility index (Phi) is 8.83. The number of rotatable bonds is 6. The van der Waals surface area contributed by atoms with Crippen LogP contribution in [0.15, 0.2) is 96.1 Å². The first kappa shape index (κ1) is 29.4. The molecule has 2 nitrogen and oxygen atoms in total. The van der Waals surface area contributed by atoms with Gasteiger partial charge < -0.3 is 9.47 Å². The lowest BCUT2D eigenvalue weighted by Gasteiger charge is -2.27. The van der Waals surface area contributed by atoms with E-state index in [2.05, 4.69) is 105 Å². The molecule has 0 aromatic heterocycles. The lowest BCUT2D eigenvalue weighted by Crippen LogP contribution is -2.35. The molecule has 3 aliphatic carbocycles. The van der Waals surface area contributed by atoms with Crippen LogP contribution in [0.3, 0.4) is 0 Å². The summed E-state index contributed by atoms with van der Waals surface area (Å²) in [5.74, 6) is 1.86. The molecule has 0 saturated carbocycles. The monoisotopic (exact) mass is 584 g/mol. The molecule has 3 aromatic rings. The van der Waals surface area contributed by atoms with Crippen molar-refractivity contribution in [3.63, 3.8) is 0 Å². The molecule has 0 fully saturated rings. The molecular formula is C40H44O2Si. The Bertz CT molecular complexity index is 1720. The van der Waals surface area contributed by atoms with Crippen LogP contribution in [0.25, 0.3) is 29.9 Å². The van der Waals surface area contributed by atoms with Gasteiger partial charge in [0.15, 0.2) is 0 Å². The van der Waals surface area contributed by atoms with E-state index in [1.54, 1.807) is 5.57 Å². The second-order valence-electron chi connectivity index (χ2n) is 13.3. The summed E-state index contributed by atoms with van der Waals surface area (Å²) in [5, 5.41) is 2.83. The number of benzene rings is 3. The Morgan fingerprint density at radius 3 is 2.51 bits per heavy atom. The largest absolute Gasteiger partial charge is 0.489 e. The molecule has 1 heterocycles. The molecule has 43 heavy (non-hydrogen) atoms. The van der Waals surface area contributed by atoms with E-state index in [9.17, 15) is 0 Å². The maximum atomic E-state index is 6.15. The van der Waals surface area contributed by atoms with E-state index in [1.807, 2.05) is 30.3 Å². The summed E-state index contributed by atoms with van der Waals surface area (Å²) in [5.41, 5.74) is 9.79. The maximum absolute atomic E-state index is 6.15. The van der Waals surface area contributed by atoms with E-state index in [-0.39, 0.29) is 0 Å². The van der Waals surface area contributed by atoms with Crippen LogP contribution in [0, 0.1) is 5.92 Å². The molecule has 0 radical (unpaired) electrons. The van der Waals surface area contributed by atoms with Crippen LogP contribution in [0.5, 0.6) is 5.75 Å². The summed E-state index contributed by atoms with van der Waals surface area (Å²) >= 11 is 0. The highest BCUT2D eigenvalue weighted by Crippen LogP contribution is 2.38. The van der Waals surface area contributed by atoms with Crippen molar-refractivity contribution in [2.24, 2.45) is 5.92 Å². The van der Waals surface area contributed by atoms with Crippen LogP contribution >= 0.6 is 0 Å². The van der Waals surface area contributed by atoms with E-state index < -0.39 is 8.07 Å². The van der Waals surface area contributed by atoms with Crippen molar-refractivity contribution in [1.82, 2.24) is 0 Å². The Labute approximate surface area is 258 Å². The smallest absolute Gasteiger partial charge is 0.126 e. The predicted molar refractivity (Wildman–Crippen MR) is 186 cm³/mol. The van der Waals surface area contributed by atoms with Crippen molar-refractivity contribution in [1.29, 1.82) is 0 Å². The van der Waals surface area contributed by atoms with Gasteiger partial charge in [0, 0.05) is 32.1 Å². The number of hydrogen-bond acceptors (Lipinski definition) is 2. The molecule has 220 valence electrons. The standard InChI is InChI=1S/C31H36OSi.C9H8O/c1-22-18-25-11-14-29-28-13-10-24(23-8-6-5-7-9-23)19-26(28)12-15-30(29)31(25)20-27(22)21-32-16-17-33(2,3)4;1-2-6-9-8(4-1)5-3-7-10-9/h5-11,13-15,18,20,24,27H,12,16-17,19,21H2,1-4H3;1-6H,7H2/t24-,27?;/m1./s1. The van der Waals surface area contributed by atoms with Gasteiger partial charge in [0.25, 0.3) is 0 Å². The van der Waals surface area contributed by atoms with Crippen LogP contribution in [-0.4, -0.2) is 27.9 Å². The summed E-state index contributed by atoms with van der Waals surface area (Å²) < 4.78 is 11.5. The SMILES string of the molecule is C1=Cc2ccccc2OC1.CC1=Cc2ccc3c(c2=CC1COCC[Si](C)(C)C)=CCC1=C3C=C[C@@H](c2ccccc2)C1. The fourth-order valence-electron chi connectivity index (χ4n) is 6.34. The van der Waals surface area contributed by atoms with Crippen molar-refractivity contribution in [2.45, 2.75) is 51.4 Å². The van der Waals surface area contributed by atoms with Gasteiger partial charge in [0.1, 0.15) is 12.4 Å². The molecule has 4 aliphatic rings. The first-order valence-corrected chi connectivity index (χ1v) is 19.5. The summed E-state index contributed by atoms with van der Waals surface area (Å²) in [6.45, 7) is 11.9. The van der Waals surface area contributed by atoms with Gasteiger partial charge in [-0.2, -0.15) is 0 Å². The number of allylic oxidation sites excluding steroid dienone is 4. The molecule has 3 aromatic carbocycles. The van der Waals surface area contributed by atoms with Crippen molar-refractivity contribution in [2.75, 3.05) is 19.8 Å². The fraction of sp³-hybridized carbons (Fsp3) is 0.300. The lowest BCUT2D eigenvalue weighted by atomic mass is 9.78. The van der Waals surface area contributed by atoms with Gasteiger partial charge >= 0.3 is 0 Å². The van der Waals surface area contributed by atoms with E-state index in [0.717, 1.165) is 31.8 Å². The maximum Gasteiger partial charge on any atom is 0.126 e. The van der Waals surface area contributed by atoms with Crippen LogP contribution in [0.2, 0.25) is 25.7 Å². The summed E-state index contributed by atoms with van der Waals surface area (Å²) in [4.78, 5) is 0. The van der Waals surface area contributed by atoms with Gasteiger partial charge in [-0.3, -0.25) is 0 Å². The average Bonchev–Trinajstić information content (AvgIpc) is 3.03. The molecule has 0 bridgehead atoms. The first-order valence-electron chi connectivity index (χ1n) is 15.8. The number of ether oxygens (including phenoxy) is 2. The van der Waals surface area contributed by atoms with Crippen LogP contribution in [0.1, 0.15) is 47.9 Å². The Hall–Kier alpha value is -3.66. The van der Waals surface area contributed by atoms with E-state index in [1.165, 1.54) is 49.9 Å². The molecular weight excluding hydrogens is 541 g/mol. The van der Waals surface area contributed by atoms with E-state index in [4.69, 9.17) is 9.47 Å². The molecule has 0 saturated heterocycles. The Balaban J connectivity index is 0.000000277. The summed E-state index contributed by atoms with van der Waals surface area (Å²) in [7, 11) is -1.05. The van der Waals surface area contributed by atoms with Gasteiger partial charge in [-0.25, -0.2) is 0 Å². The topological polar surface area (TPSA) is 18.5 Å². The molecule has 0 N–H and O–H groups in total. The zero-order chi connectivity index (χ0) is 29.8. The highest BCUT2D eigenvalue weighted by atomic mass is 28.3. The Morgan fingerprint density at radius 1 is 0.884 bits per heavy atom. The van der Waals surface area contributed by atoms with Crippen LogP contribution in [-0.2, 0) is 4.74 Å². The third kappa shape index (κ3) is 6.95. The van der Waals surface area contributed by atoms with Gasteiger partial charge in [-0.05, 0) is 70.7 Å². The highest BCUT2D eigenvalue weighted by molar-refractivity contribution is 6.76. The van der Waals surface area contributed by atoms with Gasteiger partial charge in [-0.15, -0.1) is 0 Å². The first-order chi connectivity index (χ1) is 20.9. The third-order valence-corrected chi connectivity index (χ3v) is 10.6. The number of hydrogen-bond donors (Lipinski definition) is 0. The minimum atomic E-state index is -1.05. The van der Waals surface area contributed by atoms with Gasteiger partial charge in [0.2, 0.25) is 0 Å². The van der Waals surface area contributed by atoms with Crippen molar-refractivity contribution in [3.8, 4) is 5.75 Å². The van der Waals surface area contributed by atoms with Gasteiger partial charge in [-0.1, -0.05) is 128 Å². The minimum Gasteiger partial charge on any atom is -0.489 e. The van der Waals surface area contributed by atoms with Crippen molar-refractivity contribution >= 4 is 38.0 Å². The third-order valence-electron chi connectivity index (χ3n) is 8.91. The summed E-state index contributed by atoms with van der Waals surface area (Å²) in [6.07, 6.45) is 18.4. The zero-order valence-electron chi connectivity index (χ0n) is 26.1. The number of para-hydroxylation sites is 1. The van der Waals surface area contributed by atoms with Crippen LogP contribution < -0.4 is 15.2 Å². The second-order valence-corrected chi connectivity index (χ2v) is 19.0. The fourth-order valence-corrected chi connectivity index (χ4v) is 7.09. The molecule has 7 rings (SSSR count). The quantitative estimate of drug-likeness (QED) is 0.213. The average molecular weight is 585 g/mol. The zero-order valence-corrected chi connectivity index (χ0v) is 27.1. The van der Waals surface area contributed by atoms with E-state index in [0.29, 0.717) is 18.4 Å². The van der Waals surface area contributed by atoms with Crippen molar-refractivity contribution in [3.05, 3.63) is 129 Å². The van der Waals surface area contributed by atoms with Crippen LogP contribution in [0.4, 0.5) is 0 Å². The molecule has 1 unspecified atom stereocenters. The molecule has 0 amide bonds. The van der Waals surface area contributed by atoms with Gasteiger partial charge in [0.05, 0.1) is 6.61 Å². The Morgan fingerprint density at radius 2 is 1.70 bits per heavy atom. The predicted octanol–water partition coefficient (Wildman–Crippen LogP) is 8.63. The second kappa shape index (κ2) is 12.9. The lowest BCUT2D eigenvalue weighted by molar-refractivity contribution is 0.136. The molecule has 1 aliphatic heterocycles. The minimum absolute atomic E-state index is 0.374. The summed E-state index contributed by atoms with van der Waals surface area (Å²) in [6, 6.07) is 24.8. The molecule has 3 heteroatoms. The van der Waals surface area contributed by atoms with E-state index >= 15 is 0 Å². The number of fused-ring (bicyclic) bond motifs is 5. The highest BCUT2D eigenvalue weighted by Gasteiger charge is 2.23. The molecule has 2 atom stereocenters. The molecule has 0 spiro atoms. The normalized spacial score (nSPS) is 19.7.